The first-order valence-electron chi connectivity index (χ1n) is 9.65. The predicted octanol–water partition coefficient (Wildman–Crippen LogP) is 5.09. The fraction of sp³-hybridized carbons (Fsp3) is 0.500. The smallest absolute Gasteiger partial charge is 0.148 e. The Morgan fingerprint density at radius 2 is 2.07 bits per heavy atom. The number of ether oxygens (including phenoxy) is 2. The van der Waals surface area contributed by atoms with Crippen LogP contribution >= 0.6 is 11.6 Å². The summed E-state index contributed by atoms with van der Waals surface area (Å²) in [6.07, 6.45) is 5.13. The Labute approximate surface area is 167 Å². The van der Waals surface area contributed by atoms with Crippen LogP contribution in [0.1, 0.15) is 54.7 Å². The summed E-state index contributed by atoms with van der Waals surface area (Å²) in [6, 6.07) is 10.7. The number of hydrogen-bond donors (Lipinski definition) is 0. The molecule has 1 aromatic carbocycles. The summed E-state index contributed by atoms with van der Waals surface area (Å²) in [5.74, 6) is 1.14. The number of alkyl halides is 1. The van der Waals surface area contributed by atoms with Crippen LogP contribution in [-0.2, 0) is 23.8 Å². The number of rotatable bonds is 9. The normalized spacial score (nSPS) is 17.1. The lowest BCUT2D eigenvalue weighted by Gasteiger charge is -2.25. The molecule has 1 aliphatic rings. The van der Waals surface area contributed by atoms with Gasteiger partial charge in [0.15, 0.2) is 0 Å². The molecule has 0 radical (unpaired) electrons. The second-order valence-electron chi connectivity index (χ2n) is 7.28. The Morgan fingerprint density at radius 3 is 2.74 bits per heavy atom. The molecule has 146 valence electrons. The Hall–Kier alpha value is -1.62. The second kappa shape index (κ2) is 9.54. The molecule has 5 heteroatoms. The van der Waals surface area contributed by atoms with E-state index in [0.717, 1.165) is 47.4 Å². The second-order valence-corrected chi connectivity index (χ2v) is 7.55. The van der Waals surface area contributed by atoms with Gasteiger partial charge in [0.1, 0.15) is 12.4 Å². The average Bonchev–Trinajstić information content (AvgIpc) is 3.10. The molecule has 0 bridgehead atoms. The van der Waals surface area contributed by atoms with Crippen LogP contribution in [0.25, 0.3) is 0 Å². The summed E-state index contributed by atoms with van der Waals surface area (Å²) < 4.78 is 12.3. The third-order valence-corrected chi connectivity index (χ3v) is 5.56. The van der Waals surface area contributed by atoms with Crippen molar-refractivity contribution in [2.75, 3.05) is 14.1 Å². The van der Waals surface area contributed by atoms with Crippen molar-refractivity contribution in [2.24, 2.45) is 0 Å². The molecule has 0 spiro atoms. The van der Waals surface area contributed by atoms with Crippen LogP contribution in [0, 0.1) is 0 Å². The van der Waals surface area contributed by atoms with Gasteiger partial charge >= 0.3 is 0 Å². The molecule has 0 amide bonds. The van der Waals surface area contributed by atoms with Crippen LogP contribution in [0.2, 0.25) is 0 Å². The fourth-order valence-corrected chi connectivity index (χ4v) is 3.90. The van der Waals surface area contributed by atoms with Gasteiger partial charge in [-0.25, -0.2) is 0 Å². The highest BCUT2D eigenvalue weighted by atomic mass is 35.5. The standard InChI is InChI=1S/C22H29ClN2O2/c1-4-18(25(2)3)10-11-20-21-17(15-26-20)13-24-19(12-23)22(21)27-14-16-8-6-5-7-9-16/h5-9,13,18,20H,4,10-12,14-15H2,1-3H3. The van der Waals surface area contributed by atoms with Crippen molar-refractivity contribution in [2.45, 2.75) is 57.4 Å². The first kappa shape index (κ1) is 20.1. The quantitative estimate of drug-likeness (QED) is 0.560. The maximum Gasteiger partial charge on any atom is 0.148 e. The highest BCUT2D eigenvalue weighted by Crippen LogP contribution is 2.42. The number of pyridine rings is 1. The average molecular weight is 389 g/mol. The van der Waals surface area contributed by atoms with E-state index in [1.807, 2.05) is 24.4 Å². The molecule has 0 N–H and O–H groups in total. The molecule has 1 aliphatic heterocycles. The number of halogens is 1. The van der Waals surface area contributed by atoms with Gasteiger partial charge in [0.2, 0.25) is 0 Å². The van der Waals surface area contributed by atoms with E-state index in [1.54, 1.807) is 0 Å². The highest BCUT2D eigenvalue weighted by molar-refractivity contribution is 6.17. The van der Waals surface area contributed by atoms with Crippen LogP contribution < -0.4 is 4.74 Å². The van der Waals surface area contributed by atoms with Crippen LogP contribution in [0.5, 0.6) is 5.75 Å². The molecule has 0 aliphatic carbocycles. The topological polar surface area (TPSA) is 34.6 Å². The zero-order chi connectivity index (χ0) is 19.2. The van der Waals surface area contributed by atoms with Crippen LogP contribution in [0.4, 0.5) is 0 Å². The Balaban J connectivity index is 1.80. The summed E-state index contributed by atoms with van der Waals surface area (Å²) >= 11 is 6.16. The van der Waals surface area contributed by atoms with Gasteiger partial charge in [0.05, 0.1) is 24.3 Å². The van der Waals surface area contributed by atoms with Crippen molar-refractivity contribution in [3.63, 3.8) is 0 Å². The number of aromatic nitrogens is 1. The minimum Gasteiger partial charge on any atom is -0.487 e. The van der Waals surface area contributed by atoms with E-state index >= 15 is 0 Å². The maximum atomic E-state index is 6.23. The molecule has 2 aromatic rings. The summed E-state index contributed by atoms with van der Waals surface area (Å²) in [6.45, 7) is 3.33. The molecular formula is C22H29ClN2O2. The lowest BCUT2D eigenvalue weighted by atomic mass is 9.98. The van der Waals surface area contributed by atoms with Crippen molar-refractivity contribution < 1.29 is 9.47 Å². The minimum absolute atomic E-state index is 0.0461. The molecule has 2 atom stereocenters. The van der Waals surface area contributed by atoms with Gasteiger partial charge < -0.3 is 14.4 Å². The summed E-state index contributed by atoms with van der Waals surface area (Å²) in [5, 5.41) is 0. The van der Waals surface area contributed by atoms with E-state index < -0.39 is 0 Å². The zero-order valence-electron chi connectivity index (χ0n) is 16.5. The van der Waals surface area contributed by atoms with E-state index in [1.165, 1.54) is 0 Å². The first-order chi connectivity index (χ1) is 13.1. The molecule has 0 saturated heterocycles. The summed E-state index contributed by atoms with van der Waals surface area (Å²) in [4.78, 5) is 6.80. The van der Waals surface area contributed by atoms with Crippen molar-refractivity contribution in [1.29, 1.82) is 0 Å². The largest absolute Gasteiger partial charge is 0.487 e. The van der Waals surface area contributed by atoms with E-state index in [2.05, 4.69) is 43.0 Å². The first-order valence-corrected chi connectivity index (χ1v) is 10.2. The molecule has 1 aromatic heterocycles. The van der Waals surface area contributed by atoms with Gasteiger partial charge in [-0.1, -0.05) is 37.3 Å². The van der Waals surface area contributed by atoms with E-state index in [-0.39, 0.29) is 6.10 Å². The Morgan fingerprint density at radius 1 is 1.30 bits per heavy atom. The summed E-state index contributed by atoms with van der Waals surface area (Å²) in [5.41, 5.74) is 4.19. The van der Waals surface area contributed by atoms with Gasteiger partial charge in [-0.05, 0) is 38.9 Å². The van der Waals surface area contributed by atoms with E-state index in [4.69, 9.17) is 21.1 Å². The number of benzene rings is 1. The van der Waals surface area contributed by atoms with Crippen molar-refractivity contribution in [3.05, 3.63) is 58.9 Å². The lowest BCUT2D eigenvalue weighted by Crippen LogP contribution is -2.27. The molecular weight excluding hydrogens is 360 g/mol. The molecule has 2 heterocycles. The van der Waals surface area contributed by atoms with E-state index in [0.29, 0.717) is 25.1 Å². The Kier molecular flexibility index (Phi) is 7.11. The van der Waals surface area contributed by atoms with Crippen LogP contribution in [0.3, 0.4) is 0 Å². The van der Waals surface area contributed by atoms with Gasteiger partial charge in [0, 0.05) is 23.4 Å². The van der Waals surface area contributed by atoms with Crippen LogP contribution in [0.15, 0.2) is 36.5 Å². The van der Waals surface area contributed by atoms with Gasteiger partial charge in [-0.15, -0.1) is 11.6 Å². The van der Waals surface area contributed by atoms with Crippen LogP contribution in [-0.4, -0.2) is 30.0 Å². The van der Waals surface area contributed by atoms with Crippen molar-refractivity contribution >= 4 is 11.6 Å². The zero-order valence-corrected chi connectivity index (χ0v) is 17.2. The number of fused-ring (bicyclic) bond motifs is 1. The van der Waals surface area contributed by atoms with Crippen molar-refractivity contribution in [1.82, 2.24) is 9.88 Å². The van der Waals surface area contributed by atoms with Gasteiger partial charge in [-0.3, -0.25) is 4.98 Å². The Bertz CT molecular complexity index is 737. The summed E-state index contributed by atoms with van der Waals surface area (Å²) in [7, 11) is 4.28. The minimum atomic E-state index is 0.0461. The fourth-order valence-electron chi connectivity index (χ4n) is 3.71. The van der Waals surface area contributed by atoms with Gasteiger partial charge in [0.25, 0.3) is 0 Å². The van der Waals surface area contributed by atoms with E-state index in [9.17, 15) is 0 Å². The molecule has 0 fully saturated rings. The monoisotopic (exact) mass is 388 g/mol. The predicted molar refractivity (Wildman–Crippen MR) is 109 cm³/mol. The van der Waals surface area contributed by atoms with Gasteiger partial charge in [-0.2, -0.15) is 0 Å². The third kappa shape index (κ3) is 4.81. The maximum absolute atomic E-state index is 6.23. The lowest BCUT2D eigenvalue weighted by molar-refractivity contribution is 0.0516. The highest BCUT2D eigenvalue weighted by Gasteiger charge is 2.30. The third-order valence-electron chi connectivity index (χ3n) is 5.31. The molecule has 4 nitrogen and oxygen atoms in total. The molecule has 3 rings (SSSR count). The molecule has 0 saturated carbocycles. The number of nitrogens with zero attached hydrogens (tertiary/aromatic N) is 2. The van der Waals surface area contributed by atoms with Crippen molar-refractivity contribution in [3.8, 4) is 5.75 Å². The molecule has 27 heavy (non-hydrogen) atoms. The molecule has 2 unspecified atom stereocenters. The number of hydrogen-bond acceptors (Lipinski definition) is 4. The SMILES string of the molecule is CCC(CCC1OCc2cnc(CCl)c(OCc3ccccc3)c21)N(C)C.